The second-order valence-corrected chi connectivity index (χ2v) is 6.40. The van der Waals surface area contributed by atoms with Crippen molar-refractivity contribution in [1.82, 2.24) is 19.9 Å². The number of hydrogen-bond acceptors (Lipinski definition) is 4. The Hall–Kier alpha value is -3.21. The second-order valence-electron chi connectivity index (χ2n) is 6.40. The van der Waals surface area contributed by atoms with E-state index < -0.39 is 0 Å². The van der Waals surface area contributed by atoms with E-state index in [9.17, 15) is 0 Å². The number of aryl methyl sites for hydroxylation is 3. The van der Waals surface area contributed by atoms with Crippen LogP contribution >= 0.6 is 0 Å². The zero-order valence-electron chi connectivity index (χ0n) is 14.5. The van der Waals surface area contributed by atoms with Gasteiger partial charge in [-0.3, -0.25) is 0 Å². The van der Waals surface area contributed by atoms with Crippen molar-refractivity contribution < 1.29 is 0 Å². The Morgan fingerprint density at radius 2 is 1.72 bits per heavy atom. The number of anilines is 1. The highest BCUT2D eigenvalue weighted by molar-refractivity contribution is 5.88. The first-order valence-corrected chi connectivity index (χ1v) is 8.17. The number of nitrogens with one attached hydrogen (secondary N) is 1. The Balaban J connectivity index is 1.99. The summed E-state index contributed by atoms with van der Waals surface area (Å²) in [6.07, 6.45) is 3.50. The number of nitrogens with two attached hydrogens (primary N) is 1. The van der Waals surface area contributed by atoms with Crippen molar-refractivity contribution in [2.45, 2.75) is 20.8 Å². The molecule has 0 aliphatic carbocycles. The number of imidazole rings is 1. The van der Waals surface area contributed by atoms with E-state index in [0.29, 0.717) is 0 Å². The number of nitrogens with zero attached hydrogens (tertiary/aromatic N) is 3. The average molecular weight is 329 g/mol. The lowest BCUT2D eigenvalue weighted by Gasteiger charge is -2.15. The minimum absolute atomic E-state index is 0.278. The van der Waals surface area contributed by atoms with Crippen LogP contribution in [-0.4, -0.2) is 19.9 Å². The Kier molecular flexibility index (Phi) is 3.50. The van der Waals surface area contributed by atoms with Crippen LogP contribution in [0.2, 0.25) is 0 Å². The average Bonchev–Trinajstić information content (AvgIpc) is 3.01. The fourth-order valence-electron chi connectivity index (χ4n) is 3.45. The molecular formula is C20H19N5. The van der Waals surface area contributed by atoms with E-state index in [0.717, 1.165) is 33.4 Å². The molecule has 4 rings (SSSR count). The van der Waals surface area contributed by atoms with E-state index in [-0.39, 0.29) is 5.95 Å². The minimum Gasteiger partial charge on any atom is -0.368 e. The maximum atomic E-state index is 5.91. The third-order valence-corrected chi connectivity index (χ3v) is 4.45. The van der Waals surface area contributed by atoms with E-state index in [2.05, 4.69) is 58.9 Å². The van der Waals surface area contributed by atoms with Crippen molar-refractivity contribution in [3.05, 3.63) is 59.5 Å². The van der Waals surface area contributed by atoms with E-state index in [1.807, 2.05) is 12.1 Å². The number of aromatic amines is 1. The third-order valence-electron chi connectivity index (χ3n) is 4.45. The number of rotatable bonds is 2. The molecule has 0 atom stereocenters. The molecule has 2 heterocycles. The zero-order chi connectivity index (χ0) is 17.6. The maximum Gasteiger partial charge on any atom is 0.220 e. The summed E-state index contributed by atoms with van der Waals surface area (Å²) in [6.45, 7) is 6.32. The molecule has 0 amide bonds. The van der Waals surface area contributed by atoms with Crippen molar-refractivity contribution in [3.8, 4) is 22.4 Å². The Morgan fingerprint density at radius 1 is 0.960 bits per heavy atom. The second kappa shape index (κ2) is 5.70. The SMILES string of the molecule is Cc1cc(C)c(-c2nc(N)ncc2-c2ccc3nc[nH]c3c2)c(C)c1. The lowest BCUT2D eigenvalue weighted by atomic mass is 9.93. The summed E-state index contributed by atoms with van der Waals surface area (Å²) < 4.78 is 0. The maximum absolute atomic E-state index is 5.91. The number of nitrogen functional groups attached to an aromatic ring is 1. The molecule has 4 aromatic rings. The largest absolute Gasteiger partial charge is 0.368 e. The van der Waals surface area contributed by atoms with E-state index in [1.54, 1.807) is 12.5 Å². The van der Waals surface area contributed by atoms with Crippen LogP contribution in [0.5, 0.6) is 0 Å². The van der Waals surface area contributed by atoms with Gasteiger partial charge in [-0.25, -0.2) is 15.0 Å². The Labute approximate surface area is 146 Å². The Morgan fingerprint density at radius 3 is 2.48 bits per heavy atom. The predicted octanol–water partition coefficient (Wildman–Crippen LogP) is 4.19. The first kappa shape index (κ1) is 15.3. The quantitative estimate of drug-likeness (QED) is 0.578. The fraction of sp³-hybridized carbons (Fsp3) is 0.150. The topological polar surface area (TPSA) is 80.5 Å². The van der Waals surface area contributed by atoms with Crippen LogP contribution in [-0.2, 0) is 0 Å². The summed E-state index contributed by atoms with van der Waals surface area (Å²) in [7, 11) is 0. The number of hydrogen-bond donors (Lipinski definition) is 2. The van der Waals surface area contributed by atoms with Gasteiger partial charge >= 0.3 is 0 Å². The fourth-order valence-corrected chi connectivity index (χ4v) is 3.45. The number of benzene rings is 2. The van der Waals surface area contributed by atoms with Crippen molar-refractivity contribution in [2.75, 3.05) is 5.73 Å². The van der Waals surface area contributed by atoms with Gasteiger partial charge in [0.05, 0.1) is 23.1 Å². The van der Waals surface area contributed by atoms with Crippen LogP contribution in [0.25, 0.3) is 33.4 Å². The number of fused-ring (bicyclic) bond motifs is 1. The van der Waals surface area contributed by atoms with Gasteiger partial charge in [-0.05, 0) is 49.6 Å². The molecule has 0 saturated carbocycles. The minimum atomic E-state index is 0.278. The van der Waals surface area contributed by atoms with Crippen molar-refractivity contribution >= 4 is 17.0 Å². The molecule has 124 valence electrons. The molecule has 5 heteroatoms. The van der Waals surface area contributed by atoms with Gasteiger partial charge in [0, 0.05) is 17.3 Å². The van der Waals surface area contributed by atoms with E-state index >= 15 is 0 Å². The van der Waals surface area contributed by atoms with Gasteiger partial charge < -0.3 is 10.7 Å². The summed E-state index contributed by atoms with van der Waals surface area (Å²) in [5.41, 5.74) is 15.4. The lowest BCUT2D eigenvalue weighted by Crippen LogP contribution is -2.01. The molecule has 3 N–H and O–H groups in total. The smallest absolute Gasteiger partial charge is 0.220 e. The molecule has 25 heavy (non-hydrogen) atoms. The molecule has 0 fully saturated rings. The highest BCUT2D eigenvalue weighted by atomic mass is 15.0. The molecule has 2 aromatic carbocycles. The molecule has 2 aromatic heterocycles. The van der Waals surface area contributed by atoms with Gasteiger partial charge in [0.15, 0.2) is 0 Å². The molecule has 0 unspecified atom stereocenters. The summed E-state index contributed by atoms with van der Waals surface area (Å²) in [6, 6.07) is 10.4. The van der Waals surface area contributed by atoms with Gasteiger partial charge in [-0.1, -0.05) is 23.8 Å². The first-order valence-electron chi connectivity index (χ1n) is 8.17. The third kappa shape index (κ3) is 2.63. The molecule has 0 radical (unpaired) electrons. The molecular weight excluding hydrogens is 310 g/mol. The lowest BCUT2D eigenvalue weighted by molar-refractivity contribution is 1.18. The molecule has 0 aliphatic heterocycles. The predicted molar refractivity (Wildman–Crippen MR) is 101 cm³/mol. The Bertz CT molecular complexity index is 1070. The van der Waals surface area contributed by atoms with Crippen LogP contribution in [0.15, 0.2) is 42.9 Å². The van der Waals surface area contributed by atoms with Gasteiger partial charge in [0.25, 0.3) is 0 Å². The number of aromatic nitrogens is 4. The summed E-state index contributed by atoms with van der Waals surface area (Å²) in [5, 5.41) is 0. The van der Waals surface area contributed by atoms with Crippen molar-refractivity contribution in [3.63, 3.8) is 0 Å². The molecule has 5 nitrogen and oxygen atoms in total. The van der Waals surface area contributed by atoms with Crippen LogP contribution in [0.4, 0.5) is 5.95 Å². The van der Waals surface area contributed by atoms with E-state index in [4.69, 9.17) is 5.73 Å². The van der Waals surface area contributed by atoms with Crippen LogP contribution < -0.4 is 5.73 Å². The molecule has 0 aliphatic rings. The first-order chi connectivity index (χ1) is 12.0. The van der Waals surface area contributed by atoms with Crippen LogP contribution in [0, 0.1) is 20.8 Å². The van der Waals surface area contributed by atoms with Crippen LogP contribution in [0.1, 0.15) is 16.7 Å². The van der Waals surface area contributed by atoms with Crippen molar-refractivity contribution in [2.24, 2.45) is 0 Å². The van der Waals surface area contributed by atoms with E-state index in [1.165, 1.54) is 16.7 Å². The van der Waals surface area contributed by atoms with Crippen molar-refractivity contribution in [1.29, 1.82) is 0 Å². The van der Waals surface area contributed by atoms with Gasteiger partial charge in [0.1, 0.15) is 0 Å². The highest BCUT2D eigenvalue weighted by Gasteiger charge is 2.16. The monoisotopic (exact) mass is 329 g/mol. The molecule has 0 saturated heterocycles. The standard InChI is InChI=1S/C20H19N5/c1-11-6-12(2)18(13(3)7-11)19-15(9-22-20(21)25-19)14-4-5-16-17(8-14)24-10-23-16/h4-10H,1-3H3,(H,23,24)(H2,21,22,25). The highest BCUT2D eigenvalue weighted by Crippen LogP contribution is 2.35. The van der Waals surface area contributed by atoms with Crippen LogP contribution in [0.3, 0.4) is 0 Å². The molecule has 0 spiro atoms. The summed E-state index contributed by atoms with van der Waals surface area (Å²) >= 11 is 0. The van der Waals surface area contributed by atoms with Gasteiger partial charge in [0.2, 0.25) is 5.95 Å². The van der Waals surface area contributed by atoms with Gasteiger partial charge in [-0.2, -0.15) is 0 Å². The van der Waals surface area contributed by atoms with Gasteiger partial charge in [-0.15, -0.1) is 0 Å². The summed E-state index contributed by atoms with van der Waals surface area (Å²) in [5.74, 6) is 0.278. The summed E-state index contributed by atoms with van der Waals surface area (Å²) in [4.78, 5) is 16.2. The number of H-pyrrole nitrogens is 1. The molecule has 0 bridgehead atoms. The normalized spacial score (nSPS) is 11.2. The zero-order valence-corrected chi connectivity index (χ0v) is 14.5.